The monoisotopic (exact) mass is 459 g/mol. The van der Waals surface area contributed by atoms with E-state index in [1.165, 1.54) is 7.11 Å². The second-order valence-electron chi connectivity index (χ2n) is 9.70. The predicted octanol–water partition coefficient (Wildman–Crippen LogP) is 5.77. The van der Waals surface area contributed by atoms with E-state index in [1.807, 2.05) is 17.0 Å². The van der Waals surface area contributed by atoms with E-state index in [1.54, 1.807) is 13.2 Å². The highest BCUT2D eigenvalue weighted by Crippen LogP contribution is 2.37. The van der Waals surface area contributed by atoms with E-state index in [4.69, 9.17) is 14.2 Å². The van der Waals surface area contributed by atoms with Gasteiger partial charge in [0, 0.05) is 19.1 Å². The van der Waals surface area contributed by atoms with E-state index in [9.17, 15) is 9.59 Å². The van der Waals surface area contributed by atoms with Gasteiger partial charge in [-0.25, -0.2) is 4.79 Å². The molecule has 1 aromatic rings. The Labute approximate surface area is 199 Å². The lowest BCUT2D eigenvalue weighted by molar-refractivity contribution is -0.124. The summed E-state index contributed by atoms with van der Waals surface area (Å²) in [5, 5.41) is 0. The van der Waals surface area contributed by atoms with Crippen LogP contribution in [0.2, 0.25) is 0 Å². The van der Waals surface area contributed by atoms with Crippen molar-refractivity contribution in [3.8, 4) is 5.75 Å². The van der Waals surface area contributed by atoms with Gasteiger partial charge < -0.3 is 19.1 Å². The average molecular weight is 460 g/mol. The number of methoxy groups -OCH3 is 2. The Morgan fingerprint density at radius 3 is 2.30 bits per heavy atom. The average Bonchev–Trinajstić information content (AvgIpc) is 2.85. The number of carbonyl (C=O) groups excluding carboxylic acids is 2. The van der Waals surface area contributed by atoms with Gasteiger partial charge in [-0.15, -0.1) is 0 Å². The topological polar surface area (TPSA) is 65.1 Å². The first-order valence-electron chi connectivity index (χ1n) is 12.7. The normalized spacial score (nSPS) is 25.3. The van der Waals surface area contributed by atoms with Crippen molar-refractivity contribution in [3.05, 3.63) is 23.8 Å². The van der Waals surface area contributed by atoms with Crippen LogP contribution in [0.15, 0.2) is 18.2 Å². The van der Waals surface area contributed by atoms with Gasteiger partial charge in [0.15, 0.2) is 0 Å². The summed E-state index contributed by atoms with van der Waals surface area (Å²) in [6.07, 6.45) is 9.76. The minimum Gasteiger partial charge on any atom is -0.494 e. The van der Waals surface area contributed by atoms with Crippen LogP contribution in [0.4, 0.5) is 5.69 Å². The first-order valence-corrected chi connectivity index (χ1v) is 12.7. The highest BCUT2D eigenvalue weighted by atomic mass is 16.5. The Morgan fingerprint density at radius 2 is 1.70 bits per heavy atom. The number of rotatable bonds is 9. The van der Waals surface area contributed by atoms with Crippen LogP contribution in [0.1, 0.15) is 88.4 Å². The molecule has 6 heteroatoms. The number of benzene rings is 1. The van der Waals surface area contributed by atoms with Crippen LogP contribution >= 0.6 is 0 Å². The van der Waals surface area contributed by atoms with Gasteiger partial charge >= 0.3 is 5.97 Å². The minimum atomic E-state index is -0.438. The van der Waals surface area contributed by atoms with Gasteiger partial charge in [0.2, 0.25) is 5.91 Å². The summed E-state index contributed by atoms with van der Waals surface area (Å²) in [5.74, 6) is 1.02. The molecule has 3 rings (SSSR count). The third-order valence-corrected chi connectivity index (χ3v) is 7.34. The molecule has 1 aromatic carbocycles. The second-order valence-corrected chi connectivity index (χ2v) is 9.70. The molecule has 1 amide bonds. The van der Waals surface area contributed by atoms with Gasteiger partial charge in [0.25, 0.3) is 0 Å². The number of ether oxygens (including phenoxy) is 3. The fourth-order valence-electron chi connectivity index (χ4n) is 5.16. The standard InChI is InChI=1S/C27H41NO5/c1-5-6-17-33-23-15-16-25(24(18-23)27(30)32-4)28(21-11-13-22(31-3)14-12-21)26(29)20-9-7-19(2)8-10-20/h15-16,18-22H,5-14,17H2,1-4H3. The van der Waals surface area contributed by atoms with Crippen LogP contribution in [-0.2, 0) is 14.3 Å². The number of anilines is 1. The van der Waals surface area contributed by atoms with Gasteiger partial charge in [-0.1, -0.05) is 20.3 Å². The zero-order chi connectivity index (χ0) is 23.8. The van der Waals surface area contributed by atoms with Crippen LogP contribution in [0.3, 0.4) is 0 Å². The highest BCUT2D eigenvalue weighted by molar-refractivity contribution is 6.04. The molecule has 2 aliphatic carbocycles. The highest BCUT2D eigenvalue weighted by Gasteiger charge is 2.36. The van der Waals surface area contributed by atoms with Crippen molar-refractivity contribution in [3.63, 3.8) is 0 Å². The van der Waals surface area contributed by atoms with Gasteiger partial charge in [0.1, 0.15) is 5.75 Å². The molecular weight excluding hydrogens is 418 g/mol. The zero-order valence-electron chi connectivity index (χ0n) is 20.8. The maximum Gasteiger partial charge on any atom is 0.340 e. The molecule has 2 fully saturated rings. The minimum absolute atomic E-state index is 0.00678. The predicted molar refractivity (Wildman–Crippen MR) is 130 cm³/mol. The third-order valence-electron chi connectivity index (χ3n) is 7.34. The first-order chi connectivity index (χ1) is 16.0. The van der Waals surface area contributed by atoms with Gasteiger partial charge in [-0.2, -0.15) is 0 Å². The van der Waals surface area contributed by atoms with Gasteiger partial charge in [-0.05, 0) is 81.9 Å². The van der Waals surface area contributed by atoms with E-state index < -0.39 is 5.97 Å². The lowest BCUT2D eigenvalue weighted by Gasteiger charge is -2.40. The quantitative estimate of drug-likeness (QED) is 0.346. The maximum atomic E-state index is 13.9. The maximum absolute atomic E-state index is 13.9. The van der Waals surface area contributed by atoms with Crippen LogP contribution in [-0.4, -0.2) is 44.8 Å². The molecule has 2 aliphatic rings. The van der Waals surface area contributed by atoms with E-state index in [-0.39, 0.29) is 24.0 Å². The van der Waals surface area contributed by atoms with Gasteiger partial charge in [0.05, 0.1) is 31.1 Å². The molecule has 6 nitrogen and oxygen atoms in total. The molecule has 33 heavy (non-hydrogen) atoms. The van der Waals surface area contributed by atoms with Crippen molar-refractivity contribution in [2.45, 2.75) is 90.2 Å². The van der Waals surface area contributed by atoms with E-state index >= 15 is 0 Å². The summed E-state index contributed by atoms with van der Waals surface area (Å²) < 4.78 is 16.5. The Morgan fingerprint density at radius 1 is 1.00 bits per heavy atom. The van der Waals surface area contributed by atoms with Crippen molar-refractivity contribution in [2.75, 3.05) is 25.7 Å². The molecule has 0 bridgehead atoms. The summed E-state index contributed by atoms with van der Waals surface area (Å²) in [4.78, 5) is 28.7. The number of amides is 1. The molecular formula is C27H41NO5. The van der Waals surface area contributed by atoms with Crippen molar-refractivity contribution < 1.29 is 23.8 Å². The summed E-state index contributed by atoms with van der Waals surface area (Å²) >= 11 is 0. The molecule has 2 saturated carbocycles. The summed E-state index contributed by atoms with van der Waals surface area (Å²) in [6.45, 7) is 4.97. The molecule has 0 aromatic heterocycles. The molecule has 184 valence electrons. The number of nitrogens with zero attached hydrogens (tertiary/aromatic N) is 1. The Hall–Kier alpha value is -2.08. The fraction of sp³-hybridized carbons (Fsp3) is 0.704. The smallest absolute Gasteiger partial charge is 0.340 e. The lowest BCUT2D eigenvalue weighted by atomic mass is 9.81. The molecule has 0 atom stereocenters. The van der Waals surface area contributed by atoms with Crippen molar-refractivity contribution in [1.82, 2.24) is 0 Å². The molecule has 0 unspecified atom stereocenters. The molecule has 0 N–H and O–H groups in total. The molecule has 0 saturated heterocycles. The SMILES string of the molecule is CCCCOc1ccc(N(C(=O)C2CCC(C)CC2)C2CCC(OC)CC2)c(C(=O)OC)c1. The van der Waals surface area contributed by atoms with Crippen molar-refractivity contribution in [1.29, 1.82) is 0 Å². The first kappa shape index (κ1) is 25.5. The summed E-state index contributed by atoms with van der Waals surface area (Å²) in [5.41, 5.74) is 1.05. The third kappa shape index (κ3) is 6.50. The van der Waals surface area contributed by atoms with Crippen LogP contribution < -0.4 is 9.64 Å². The van der Waals surface area contributed by atoms with Gasteiger partial charge in [-0.3, -0.25) is 4.79 Å². The number of unbranched alkanes of at least 4 members (excludes halogenated alkanes) is 1. The number of hydrogen-bond acceptors (Lipinski definition) is 5. The molecule has 0 spiro atoms. The second kappa shape index (κ2) is 12.4. The van der Waals surface area contributed by atoms with E-state index in [0.717, 1.165) is 64.2 Å². The number of hydrogen-bond donors (Lipinski definition) is 0. The number of carbonyl (C=O) groups is 2. The fourth-order valence-corrected chi connectivity index (χ4v) is 5.16. The van der Waals surface area contributed by atoms with E-state index in [0.29, 0.717) is 29.5 Å². The summed E-state index contributed by atoms with van der Waals surface area (Å²) in [6, 6.07) is 5.54. The Bertz CT molecular complexity index is 779. The molecule has 0 aliphatic heterocycles. The largest absolute Gasteiger partial charge is 0.494 e. The van der Waals surface area contributed by atoms with Crippen LogP contribution in [0.5, 0.6) is 5.75 Å². The Kier molecular flexibility index (Phi) is 9.60. The Balaban J connectivity index is 1.94. The van der Waals surface area contributed by atoms with Crippen molar-refractivity contribution in [2.24, 2.45) is 11.8 Å². The zero-order valence-corrected chi connectivity index (χ0v) is 20.8. The van der Waals surface area contributed by atoms with Crippen molar-refractivity contribution >= 4 is 17.6 Å². The van der Waals surface area contributed by atoms with Crippen LogP contribution in [0, 0.1) is 11.8 Å². The number of esters is 1. The lowest BCUT2D eigenvalue weighted by Crippen LogP contribution is -2.47. The van der Waals surface area contributed by atoms with E-state index in [2.05, 4.69) is 13.8 Å². The molecule has 0 radical (unpaired) electrons. The molecule has 0 heterocycles. The summed E-state index contributed by atoms with van der Waals surface area (Å²) in [7, 11) is 3.14. The van der Waals surface area contributed by atoms with Crippen LogP contribution in [0.25, 0.3) is 0 Å².